The van der Waals surface area contributed by atoms with Crippen LogP contribution in [-0.4, -0.2) is 43.6 Å². The van der Waals surface area contributed by atoms with Crippen molar-refractivity contribution in [2.75, 3.05) is 32.8 Å². The Bertz CT molecular complexity index is 387. The van der Waals surface area contributed by atoms with Crippen molar-refractivity contribution < 1.29 is 9.53 Å². The van der Waals surface area contributed by atoms with Crippen LogP contribution in [0.4, 0.5) is 0 Å². The number of benzene rings is 1. The van der Waals surface area contributed by atoms with Crippen LogP contribution in [0, 0.1) is 6.92 Å². The first-order chi connectivity index (χ1) is 8.27. The predicted molar refractivity (Wildman–Crippen MR) is 66.1 cm³/mol. The summed E-state index contributed by atoms with van der Waals surface area (Å²) < 4.78 is 5.54. The molecule has 17 heavy (non-hydrogen) atoms. The number of carbonyl (C=O) groups excluding carboxylic acids is 1. The molecule has 2 rings (SSSR count). The van der Waals surface area contributed by atoms with Crippen molar-refractivity contribution in [3.63, 3.8) is 0 Å². The van der Waals surface area contributed by atoms with E-state index in [0.29, 0.717) is 0 Å². The van der Waals surface area contributed by atoms with Gasteiger partial charge in [-0.1, -0.05) is 18.2 Å². The molecule has 1 aliphatic rings. The van der Waals surface area contributed by atoms with Crippen molar-refractivity contribution >= 4 is 5.91 Å². The summed E-state index contributed by atoms with van der Waals surface area (Å²) in [5.41, 5.74) is 1.06. The van der Waals surface area contributed by atoms with E-state index in [0.717, 1.165) is 37.5 Å². The van der Waals surface area contributed by atoms with Crippen molar-refractivity contribution in [2.24, 2.45) is 0 Å². The molecule has 0 saturated carbocycles. The molecule has 1 amide bonds. The SMILES string of the molecule is Cc1ccccc1OCC(=O)N1CCNCC1. The number of hydrogen-bond donors (Lipinski definition) is 1. The van der Waals surface area contributed by atoms with Gasteiger partial charge < -0.3 is 15.0 Å². The van der Waals surface area contributed by atoms with E-state index in [2.05, 4.69) is 5.32 Å². The summed E-state index contributed by atoms with van der Waals surface area (Å²) in [6.45, 7) is 5.40. The summed E-state index contributed by atoms with van der Waals surface area (Å²) in [6.07, 6.45) is 0. The van der Waals surface area contributed by atoms with Gasteiger partial charge in [0.1, 0.15) is 5.75 Å². The Balaban J connectivity index is 1.85. The topological polar surface area (TPSA) is 41.6 Å². The number of hydrogen-bond acceptors (Lipinski definition) is 3. The number of para-hydroxylation sites is 1. The van der Waals surface area contributed by atoms with E-state index in [1.165, 1.54) is 0 Å². The molecule has 1 saturated heterocycles. The molecule has 92 valence electrons. The Hall–Kier alpha value is -1.55. The number of nitrogens with one attached hydrogen (secondary N) is 1. The molecule has 1 aliphatic heterocycles. The van der Waals surface area contributed by atoms with E-state index in [4.69, 9.17) is 4.74 Å². The minimum atomic E-state index is 0.0646. The quantitative estimate of drug-likeness (QED) is 0.841. The van der Waals surface area contributed by atoms with E-state index in [1.807, 2.05) is 36.1 Å². The highest BCUT2D eigenvalue weighted by Gasteiger charge is 2.16. The maximum absolute atomic E-state index is 11.9. The molecular weight excluding hydrogens is 216 g/mol. The first-order valence-electron chi connectivity index (χ1n) is 5.94. The van der Waals surface area contributed by atoms with Crippen LogP contribution in [0.25, 0.3) is 0 Å². The van der Waals surface area contributed by atoms with Crippen LogP contribution in [0.15, 0.2) is 24.3 Å². The van der Waals surface area contributed by atoms with Gasteiger partial charge in [0.05, 0.1) is 0 Å². The number of amides is 1. The fraction of sp³-hybridized carbons (Fsp3) is 0.462. The maximum Gasteiger partial charge on any atom is 0.260 e. The van der Waals surface area contributed by atoms with E-state index < -0.39 is 0 Å². The van der Waals surface area contributed by atoms with Gasteiger partial charge in [-0.05, 0) is 18.6 Å². The van der Waals surface area contributed by atoms with Gasteiger partial charge >= 0.3 is 0 Å². The minimum absolute atomic E-state index is 0.0646. The van der Waals surface area contributed by atoms with Crippen LogP contribution in [0.5, 0.6) is 5.75 Å². The zero-order valence-corrected chi connectivity index (χ0v) is 10.1. The average molecular weight is 234 g/mol. The molecule has 1 fully saturated rings. The molecule has 1 heterocycles. The highest BCUT2D eigenvalue weighted by molar-refractivity contribution is 5.77. The van der Waals surface area contributed by atoms with Crippen LogP contribution < -0.4 is 10.1 Å². The summed E-state index contributed by atoms with van der Waals surface area (Å²) in [4.78, 5) is 13.7. The lowest BCUT2D eigenvalue weighted by molar-refractivity contribution is -0.133. The van der Waals surface area contributed by atoms with Gasteiger partial charge in [-0.15, -0.1) is 0 Å². The number of piperazine rings is 1. The van der Waals surface area contributed by atoms with E-state index in [-0.39, 0.29) is 12.5 Å². The Morgan fingerprint density at radius 1 is 1.35 bits per heavy atom. The van der Waals surface area contributed by atoms with Crippen LogP contribution >= 0.6 is 0 Å². The van der Waals surface area contributed by atoms with Gasteiger partial charge in [0, 0.05) is 26.2 Å². The monoisotopic (exact) mass is 234 g/mol. The van der Waals surface area contributed by atoms with Crippen molar-refractivity contribution in [1.82, 2.24) is 10.2 Å². The molecule has 1 N–H and O–H groups in total. The van der Waals surface area contributed by atoms with Crippen LogP contribution in [0.2, 0.25) is 0 Å². The lowest BCUT2D eigenvalue weighted by Gasteiger charge is -2.27. The zero-order chi connectivity index (χ0) is 12.1. The second kappa shape index (κ2) is 5.68. The Morgan fingerprint density at radius 3 is 2.76 bits per heavy atom. The second-order valence-corrected chi connectivity index (χ2v) is 4.18. The molecule has 0 bridgehead atoms. The van der Waals surface area contributed by atoms with Crippen molar-refractivity contribution in [2.45, 2.75) is 6.92 Å². The van der Waals surface area contributed by atoms with E-state index >= 15 is 0 Å². The summed E-state index contributed by atoms with van der Waals surface area (Å²) >= 11 is 0. The first-order valence-corrected chi connectivity index (χ1v) is 5.94. The fourth-order valence-corrected chi connectivity index (χ4v) is 1.86. The zero-order valence-electron chi connectivity index (χ0n) is 10.1. The van der Waals surface area contributed by atoms with Gasteiger partial charge in [0.2, 0.25) is 0 Å². The first kappa shape index (κ1) is 11.9. The van der Waals surface area contributed by atoms with E-state index in [1.54, 1.807) is 0 Å². The van der Waals surface area contributed by atoms with Gasteiger partial charge in [-0.2, -0.15) is 0 Å². The van der Waals surface area contributed by atoms with Crippen molar-refractivity contribution in [3.8, 4) is 5.75 Å². The summed E-state index contributed by atoms with van der Waals surface area (Å²) in [5, 5.41) is 3.22. The Labute approximate surface area is 102 Å². The van der Waals surface area contributed by atoms with E-state index in [9.17, 15) is 4.79 Å². The van der Waals surface area contributed by atoms with Gasteiger partial charge in [0.25, 0.3) is 5.91 Å². The number of aryl methyl sites for hydroxylation is 1. The predicted octanol–water partition coefficient (Wildman–Crippen LogP) is 0.806. The highest BCUT2D eigenvalue weighted by Crippen LogP contribution is 2.16. The number of rotatable bonds is 3. The molecule has 1 aromatic rings. The molecule has 0 spiro atoms. The van der Waals surface area contributed by atoms with Crippen LogP contribution in [0.1, 0.15) is 5.56 Å². The molecule has 4 heteroatoms. The Kier molecular flexibility index (Phi) is 3.98. The van der Waals surface area contributed by atoms with Crippen molar-refractivity contribution in [3.05, 3.63) is 29.8 Å². The average Bonchev–Trinajstić information content (AvgIpc) is 2.38. The normalized spacial score (nSPS) is 15.7. The molecule has 0 unspecified atom stereocenters. The Morgan fingerprint density at radius 2 is 2.06 bits per heavy atom. The molecule has 0 atom stereocenters. The minimum Gasteiger partial charge on any atom is -0.484 e. The molecular formula is C13H18N2O2. The lowest BCUT2D eigenvalue weighted by Crippen LogP contribution is -2.47. The maximum atomic E-state index is 11.9. The molecule has 1 aromatic carbocycles. The van der Waals surface area contributed by atoms with Crippen LogP contribution in [0.3, 0.4) is 0 Å². The number of carbonyl (C=O) groups is 1. The summed E-state index contributed by atoms with van der Waals surface area (Å²) in [6, 6.07) is 7.74. The standard InChI is InChI=1S/C13H18N2O2/c1-11-4-2-3-5-12(11)17-10-13(16)15-8-6-14-7-9-15/h2-5,14H,6-10H2,1H3. The second-order valence-electron chi connectivity index (χ2n) is 4.18. The van der Waals surface area contributed by atoms with Gasteiger partial charge in [-0.3, -0.25) is 4.79 Å². The number of nitrogens with zero attached hydrogens (tertiary/aromatic N) is 1. The van der Waals surface area contributed by atoms with Gasteiger partial charge in [-0.25, -0.2) is 0 Å². The molecule has 0 aliphatic carbocycles. The third kappa shape index (κ3) is 3.20. The molecule has 0 aromatic heterocycles. The van der Waals surface area contributed by atoms with Crippen LogP contribution in [-0.2, 0) is 4.79 Å². The van der Waals surface area contributed by atoms with Gasteiger partial charge in [0.15, 0.2) is 6.61 Å². The number of ether oxygens (including phenoxy) is 1. The molecule has 4 nitrogen and oxygen atoms in total. The summed E-state index contributed by atoms with van der Waals surface area (Å²) in [7, 11) is 0. The largest absolute Gasteiger partial charge is 0.484 e. The third-order valence-corrected chi connectivity index (χ3v) is 2.91. The fourth-order valence-electron chi connectivity index (χ4n) is 1.86. The highest BCUT2D eigenvalue weighted by atomic mass is 16.5. The lowest BCUT2D eigenvalue weighted by atomic mass is 10.2. The summed E-state index contributed by atoms with van der Waals surface area (Å²) in [5.74, 6) is 0.853. The molecule has 0 radical (unpaired) electrons. The smallest absolute Gasteiger partial charge is 0.260 e. The third-order valence-electron chi connectivity index (χ3n) is 2.91. The van der Waals surface area contributed by atoms with Crippen molar-refractivity contribution in [1.29, 1.82) is 0 Å².